The van der Waals surface area contributed by atoms with Crippen LogP contribution in [0.2, 0.25) is 10.0 Å². The number of nitrogens with zero attached hydrogens (tertiary/aromatic N) is 3. The van der Waals surface area contributed by atoms with Crippen molar-refractivity contribution < 1.29 is 4.79 Å². The first-order valence-electron chi connectivity index (χ1n) is 5.62. The molecule has 0 aliphatic rings. The van der Waals surface area contributed by atoms with E-state index in [9.17, 15) is 4.79 Å². The number of carbonyl (C=O) groups excluding carboxylic acids is 1. The fourth-order valence-corrected chi connectivity index (χ4v) is 2.85. The van der Waals surface area contributed by atoms with E-state index in [4.69, 9.17) is 23.2 Å². The third kappa shape index (κ3) is 2.15. The summed E-state index contributed by atoms with van der Waals surface area (Å²) in [5.41, 5.74) is 3.08. The quantitative estimate of drug-likeness (QED) is 0.781. The highest BCUT2D eigenvalue weighted by molar-refractivity contribution is 7.14. The van der Waals surface area contributed by atoms with Crippen molar-refractivity contribution in [3.8, 4) is 0 Å². The van der Waals surface area contributed by atoms with Crippen molar-refractivity contribution in [2.45, 2.75) is 6.92 Å². The van der Waals surface area contributed by atoms with E-state index in [2.05, 4.69) is 15.4 Å². The van der Waals surface area contributed by atoms with E-state index in [1.807, 2.05) is 0 Å². The highest BCUT2D eigenvalue weighted by atomic mass is 35.5. The number of amides is 1. The zero-order chi connectivity index (χ0) is 14.3. The van der Waals surface area contributed by atoms with E-state index in [1.165, 1.54) is 15.9 Å². The van der Waals surface area contributed by atoms with Gasteiger partial charge in [-0.2, -0.15) is 9.61 Å². The summed E-state index contributed by atoms with van der Waals surface area (Å²) >= 11 is 13.3. The fourth-order valence-electron chi connectivity index (χ4n) is 1.84. The fraction of sp³-hybridized carbons (Fsp3) is 0.0833. The number of hydrogen-bond acceptors (Lipinski definition) is 4. The van der Waals surface area contributed by atoms with Gasteiger partial charge in [-0.1, -0.05) is 40.6 Å². The predicted molar refractivity (Wildman–Crippen MR) is 80.0 cm³/mol. The smallest absolute Gasteiger partial charge is 0.276 e. The van der Waals surface area contributed by atoms with Gasteiger partial charge in [0.2, 0.25) is 4.96 Å². The second kappa shape index (κ2) is 5.05. The summed E-state index contributed by atoms with van der Waals surface area (Å²) in [5, 5.41) is 7.51. The molecule has 0 aliphatic carbocycles. The Balaban J connectivity index is 1.99. The second-order valence-corrected chi connectivity index (χ2v) is 5.63. The molecular weight excluding hydrogens is 319 g/mol. The van der Waals surface area contributed by atoms with Crippen LogP contribution < -0.4 is 5.32 Å². The van der Waals surface area contributed by atoms with Crippen LogP contribution in [0, 0.1) is 6.92 Å². The standard InChI is InChI=1S/C12H8Cl2N4OS/c1-6-10(18-12(16-6)20-5-15-18)11(19)17-8-4-2-3-7(13)9(8)14/h2-5H,1H3,(H,17,19). The van der Waals surface area contributed by atoms with Crippen molar-refractivity contribution >= 4 is 51.1 Å². The summed E-state index contributed by atoms with van der Waals surface area (Å²) in [6.45, 7) is 1.76. The van der Waals surface area contributed by atoms with Gasteiger partial charge in [0.15, 0.2) is 5.69 Å². The lowest BCUT2D eigenvalue weighted by Gasteiger charge is -2.07. The van der Waals surface area contributed by atoms with Gasteiger partial charge in [-0.15, -0.1) is 0 Å². The molecule has 0 radical (unpaired) electrons. The highest BCUT2D eigenvalue weighted by Gasteiger charge is 2.19. The Morgan fingerprint density at radius 1 is 1.40 bits per heavy atom. The van der Waals surface area contributed by atoms with Crippen molar-refractivity contribution in [2.24, 2.45) is 0 Å². The van der Waals surface area contributed by atoms with Crippen LogP contribution in [-0.4, -0.2) is 20.5 Å². The summed E-state index contributed by atoms with van der Waals surface area (Å²) in [7, 11) is 0. The first kappa shape index (κ1) is 13.4. The van der Waals surface area contributed by atoms with Gasteiger partial charge in [-0.25, -0.2) is 4.98 Å². The van der Waals surface area contributed by atoms with Crippen LogP contribution in [-0.2, 0) is 0 Å². The van der Waals surface area contributed by atoms with E-state index < -0.39 is 0 Å². The predicted octanol–water partition coefficient (Wildman–Crippen LogP) is 3.66. The molecule has 0 fully saturated rings. The van der Waals surface area contributed by atoms with Crippen LogP contribution in [0.25, 0.3) is 4.96 Å². The lowest BCUT2D eigenvalue weighted by atomic mass is 10.3. The molecule has 5 nitrogen and oxygen atoms in total. The Morgan fingerprint density at radius 2 is 2.20 bits per heavy atom. The molecule has 102 valence electrons. The van der Waals surface area contributed by atoms with Crippen molar-refractivity contribution in [2.75, 3.05) is 5.32 Å². The Hall–Kier alpha value is -1.63. The number of benzene rings is 1. The Morgan fingerprint density at radius 3 is 3.00 bits per heavy atom. The molecule has 1 N–H and O–H groups in total. The molecule has 0 atom stereocenters. The Kier molecular flexibility index (Phi) is 3.37. The number of rotatable bonds is 2. The van der Waals surface area contributed by atoms with Gasteiger partial charge in [0.25, 0.3) is 5.91 Å². The molecule has 3 rings (SSSR count). The van der Waals surface area contributed by atoms with E-state index in [1.54, 1.807) is 30.6 Å². The largest absolute Gasteiger partial charge is 0.319 e. The Bertz CT molecular complexity index is 811. The normalized spacial score (nSPS) is 10.9. The monoisotopic (exact) mass is 326 g/mol. The van der Waals surface area contributed by atoms with Crippen LogP contribution in [0.1, 0.15) is 16.2 Å². The molecule has 3 aromatic rings. The second-order valence-electron chi connectivity index (χ2n) is 4.03. The Labute approximate surface area is 128 Å². The summed E-state index contributed by atoms with van der Waals surface area (Å²) in [6.07, 6.45) is 0. The van der Waals surface area contributed by atoms with E-state index in [0.29, 0.717) is 32.1 Å². The number of imidazole rings is 1. The van der Waals surface area contributed by atoms with Gasteiger partial charge < -0.3 is 5.32 Å². The topological polar surface area (TPSA) is 59.3 Å². The molecule has 2 heterocycles. The van der Waals surface area contributed by atoms with Crippen molar-refractivity contribution in [1.29, 1.82) is 0 Å². The van der Waals surface area contributed by atoms with Crippen LogP contribution >= 0.6 is 34.5 Å². The number of aryl methyl sites for hydroxylation is 1. The minimum atomic E-state index is -0.329. The van der Waals surface area contributed by atoms with E-state index in [0.717, 1.165) is 0 Å². The minimum Gasteiger partial charge on any atom is -0.319 e. The van der Waals surface area contributed by atoms with Gasteiger partial charge >= 0.3 is 0 Å². The molecule has 2 aromatic heterocycles. The van der Waals surface area contributed by atoms with Crippen LogP contribution in [0.5, 0.6) is 0 Å². The number of nitrogens with one attached hydrogen (secondary N) is 1. The molecule has 0 spiro atoms. The number of carbonyl (C=O) groups is 1. The third-order valence-electron chi connectivity index (χ3n) is 2.73. The number of fused-ring (bicyclic) bond motifs is 1. The van der Waals surface area contributed by atoms with Gasteiger partial charge in [-0.05, 0) is 19.1 Å². The number of hydrogen-bond donors (Lipinski definition) is 1. The third-order valence-corrected chi connectivity index (χ3v) is 4.23. The minimum absolute atomic E-state index is 0.305. The van der Waals surface area contributed by atoms with E-state index >= 15 is 0 Å². The molecule has 1 amide bonds. The first-order chi connectivity index (χ1) is 9.58. The summed E-state index contributed by atoms with van der Waals surface area (Å²) in [4.78, 5) is 17.3. The van der Waals surface area contributed by atoms with Gasteiger partial charge in [0, 0.05) is 0 Å². The summed E-state index contributed by atoms with van der Waals surface area (Å²) in [6, 6.07) is 5.05. The molecule has 0 unspecified atom stereocenters. The molecule has 0 saturated heterocycles. The molecular formula is C12H8Cl2N4OS. The van der Waals surface area contributed by atoms with E-state index in [-0.39, 0.29) is 5.91 Å². The molecule has 0 aliphatic heterocycles. The van der Waals surface area contributed by atoms with Crippen molar-refractivity contribution in [1.82, 2.24) is 14.6 Å². The molecule has 1 aromatic carbocycles. The maximum absolute atomic E-state index is 12.4. The van der Waals surface area contributed by atoms with Crippen LogP contribution in [0.3, 0.4) is 0 Å². The van der Waals surface area contributed by atoms with Crippen LogP contribution in [0.4, 0.5) is 5.69 Å². The average Bonchev–Trinajstić information content (AvgIpc) is 2.94. The number of aromatic nitrogens is 3. The SMILES string of the molecule is Cc1nc2scnn2c1C(=O)Nc1cccc(Cl)c1Cl. The maximum Gasteiger partial charge on any atom is 0.276 e. The summed E-state index contributed by atoms with van der Waals surface area (Å²) in [5.74, 6) is -0.329. The lowest BCUT2D eigenvalue weighted by molar-refractivity contribution is 0.102. The van der Waals surface area contributed by atoms with Gasteiger partial charge in [0.05, 0.1) is 21.4 Å². The maximum atomic E-state index is 12.4. The number of anilines is 1. The average molecular weight is 327 g/mol. The molecule has 20 heavy (non-hydrogen) atoms. The highest BCUT2D eigenvalue weighted by Crippen LogP contribution is 2.30. The van der Waals surface area contributed by atoms with Crippen molar-refractivity contribution in [3.63, 3.8) is 0 Å². The molecule has 0 bridgehead atoms. The summed E-state index contributed by atoms with van der Waals surface area (Å²) < 4.78 is 1.51. The van der Waals surface area contributed by atoms with Crippen molar-refractivity contribution in [3.05, 3.63) is 45.1 Å². The van der Waals surface area contributed by atoms with Gasteiger partial charge in [0.1, 0.15) is 5.51 Å². The molecule has 8 heteroatoms. The first-order valence-corrected chi connectivity index (χ1v) is 7.25. The van der Waals surface area contributed by atoms with Gasteiger partial charge in [-0.3, -0.25) is 4.79 Å². The van der Waals surface area contributed by atoms with Crippen LogP contribution in [0.15, 0.2) is 23.7 Å². The molecule has 0 saturated carbocycles. The lowest BCUT2D eigenvalue weighted by Crippen LogP contribution is -2.16. The zero-order valence-electron chi connectivity index (χ0n) is 10.2. The number of halogens is 2. The zero-order valence-corrected chi connectivity index (χ0v) is 12.6.